The lowest BCUT2D eigenvalue weighted by molar-refractivity contribution is 0.240. The molecule has 1 aliphatic heterocycles. The molecule has 1 aromatic rings. The van der Waals surface area contributed by atoms with Crippen LogP contribution in [0.1, 0.15) is 18.1 Å². The zero-order chi connectivity index (χ0) is 12.1. The summed E-state index contributed by atoms with van der Waals surface area (Å²) in [4.78, 5) is 2.36. The molecule has 0 saturated heterocycles. The Morgan fingerprint density at radius 2 is 2.18 bits per heavy atom. The maximum atomic E-state index is 9.04. The summed E-state index contributed by atoms with van der Waals surface area (Å²) in [5.41, 5.74) is 2.87. The molecule has 2 rings (SSSR count). The lowest BCUT2D eigenvalue weighted by Gasteiger charge is -2.30. The molecule has 1 aliphatic rings. The van der Waals surface area contributed by atoms with Gasteiger partial charge in [-0.15, -0.1) is 0 Å². The molecular weight excluding hydrogens is 210 g/mol. The normalized spacial score (nSPS) is 17.2. The molecule has 0 spiro atoms. The molecule has 90 valence electrons. The summed E-state index contributed by atoms with van der Waals surface area (Å²) in [6.07, 6.45) is 1.10. The largest absolute Gasteiger partial charge is 0.301 e. The van der Waals surface area contributed by atoms with Crippen LogP contribution >= 0.6 is 0 Å². The summed E-state index contributed by atoms with van der Waals surface area (Å²) in [5.74, 6) is 0. The first-order valence-corrected chi connectivity index (χ1v) is 6.25. The van der Waals surface area contributed by atoms with E-state index in [1.54, 1.807) is 0 Å². The predicted molar refractivity (Wildman–Crippen MR) is 68.5 cm³/mol. The third kappa shape index (κ3) is 3.06. The van der Waals surface area contributed by atoms with Crippen LogP contribution in [-0.2, 0) is 13.0 Å². The Bertz CT molecular complexity index is 408. The van der Waals surface area contributed by atoms with E-state index in [-0.39, 0.29) is 6.04 Å². The maximum Gasteiger partial charge on any atom is 0.108 e. The zero-order valence-electron chi connectivity index (χ0n) is 10.3. The van der Waals surface area contributed by atoms with Crippen LogP contribution in [0.15, 0.2) is 24.3 Å². The molecule has 3 heteroatoms. The Morgan fingerprint density at radius 3 is 2.88 bits per heavy atom. The second kappa shape index (κ2) is 5.81. The van der Waals surface area contributed by atoms with Gasteiger partial charge in [-0.1, -0.05) is 31.2 Å². The fraction of sp³-hybridized carbons (Fsp3) is 0.500. The van der Waals surface area contributed by atoms with Crippen LogP contribution in [0.4, 0.5) is 0 Å². The van der Waals surface area contributed by atoms with E-state index in [4.69, 9.17) is 5.26 Å². The highest BCUT2D eigenvalue weighted by Crippen LogP contribution is 2.18. The number of hydrogen-bond donors (Lipinski definition) is 1. The van der Waals surface area contributed by atoms with E-state index in [0.29, 0.717) is 0 Å². The highest BCUT2D eigenvalue weighted by atomic mass is 15.2. The third-order valence-corrected chi connectivity index (χ3v) is 3.26. The van der Waals surface area contributed by atoms with Gasteiger partial charge in [0.05, 0.1) is 6.07 Å². The minimum Gasteiger partial charge on any atom is -0.301 e. The van der Waals surface area contributed by atoms with E-state index < -0.39 is 0 Å². The second-order valence-electron chi connectivity index (χ2n) is 4.49. The van der Waals surface area contributed by atoms with Crippen LogP contribution < -0.4 is 5.32 Å². The van der Waals surface area contributed by atoms with Crippen molar-refractivity contribution in [2.75, 3.05) is 19.6 Å². The van der Waals surface area contributed by atoms with Crippen LogP contribution in [0.3, 0.4) is 0 Å². The van der Waals surface area contributed by atoms with Gasteiger partial charge in [-0.2, -0.15) is 5.26 Å². The summed E-state index contributed by atoms with van der Waals surface area (Å²) >= 11 is 0. The van der Waals surface area contributed by atoms with Crippen LogP contribution in [0.5, 0.6) is 0 Å². The second-order valence-corrected chi connectivity index (χ2v) is 4.49. The van der Waals surface area contributed by atoms with E-state index >= 15 is 0 Å². The number of nitrogens with zero attached hydrogens (tertiary/aromatic N) is 2. The third-order valence-electron chi connectivity index (χ3n) is 3.26. The van der Waals surface area contributed by atoms with E-state index in [2.05, 4.69) is 40.6 Å². The number of fused-ring (bicyclic) bond motifs is 1. The average molecular weight is 229 g/mol. The summed E-state index contributed by atoms with van der Waals surface area (Å²) in [5, 5.41) is 12.2. The fourth-order valence-corrected chi connectivity index (χ4v) is 2.37. The van der Waals surface area contributed by atoms with Gasteiger partial charge >= 0.3 is 0 Å². The van der Waals surface area contributed by atoms with Gasteiger partial charge in [-0.3, -0.25) is 4.90 Å². The van der Waals surface area contributed by atoms with E-state index in [0.717, 1.165) is 32.6 Å². The maximum absolute atomic E-state index is 9.04. The SMILES string of the molecule is CCNC(C#N)CN1CCc2ccccc2C1. The minimum atomic E-state index is -0.0507. The molecule has 1 atom stereocenters. The molecule has 0 aliphatic carbocycles. The first-order valence-electron chi connectivity index (χ1n) is 6.25. The van der Waals surface area contributed by atoms with Crippen LogP contribution in [0.2, 0.25) is 0 Å². The smallest absolute Gasteiger partial charge is 0.108 e. The molecule has 0 amide bonds. The average Bonchev–Trinajstić information content (AvgIpc) is 2.38. The highest BCUT2D eigenvalue weighted by molar-refractivity contribution is 5.29. The molecule has 1 N–H and O–H groups in total. The Kier molecular flexibility index (Phi) is 4.13. The monoisotopic (exact) mass is 229 g/mol. The minimum absolute atomic E-state index is 0.0507. The lowest BCUT2D eigenvalue weighted by Crippen LogP contribution is -2.42. The van der Waals surface area contributed by atoms with Gasteiger partial charge in [-0.05, 0) is 24.1 Å². The van der Waals surface area contributed by atoms with Gasteiger partial charge in [0.1, 0.15) is 6.04 Å². The van der Waals surface area contributed by atoms with Crippen molar-refractivity contribution in [3.63, 3.8) is 0 Å². The molecule has 0 fully saturated rings. The van der Waals surface area contributed by atoms with E-state index in [1.165, 1.54) is 11.1 Å². The molecule has 1 heterocycles. The van der Waals surface area contributed by atoms with Gasteiger partial charge < -0.3 is 5.32 Å². The first-order chi connectivity index (χ1) is 8.33. The molecule has 1 unspecified atom stereocenters. The van der Waals surface area contributed by atoms with E-state index in [9.17, 15) is 0 Å². The topological polar surface area (TPSA) is 39.1 Å². The first kappa shape index (κ1) is 12.1. The molecule has 3 nitrogen and oxygen atoms in total. The number of hydrogen-bond acceptors (Lipinski definition) is 3. The van der Waals surface area contributed by atoms with Gasteiger partial charge in [0, 0.05) is 19.6 Å². The summed E-state index contributed by atoms with van der Waals surface area (Å²) in [6, 6.07) is 10.9. The van der Waals surface area contributed by atoms with Gasteiger partial charge in [0.25, 0.3) is 0 Å². The van der Waals surface area contributed by atoms with Gasteiger partial charge in [0.2, 0.25) is 0 Å². The van der Waals surface area contributed by atoms with Crippen molar-refractivity contribution in [1.82, 2.24) is 10.2 Å². The van der Waals surface area contributed by atoms with Gasteiger partial charge in [-0.25, -0.2) is 0 Å². The zero-order valence-corrected chi connectivity index (χ0v) is 10.3. The number of likely N-dealkylation sites (N-methyl/N-ethyl adjacent to an activating group) is 1. The molecule has 0 saturated carbocycles. The fourth-order valence-electron chi connectivity index (χ4n) is 2.37. The van der Waals surface area contributed by atoms with Gasteiger partial charge in [0.15, 0.2) is 0 Å². The number of nitrogens with one attached hydrogen (secondary N) is 1. The van der Waals surface area contributed by atoms with E-state index in [1.807, 2.05) is 6.92 Å². The van der Waals surface area contributed by atoms with Crippen LogP contribution in [0.25, 0.3) is 0 Å². The van der Waals surface area contributed by atoms with Crippen molar-refractivity contribution < 1.29 is 0 Å². The van der Waals surface area contributed by atoms with Crippen molar-refractivity contribution >= 4 is 0 Å². The number of benzene rings is 1. The summed E-state index contributed by atoms with van der Waals surface area (Å²) in [6.45, 7) is 5.73. The van der Waals surface area contributed by atoms with Crippen molar-refractivity contribution in [2.45, 2.75) is 25.9 Å². The Balaban J connectivity index is 1.96. The van der Waals surface area contributed by atoms with Crippen molar-refractivity contribution in [1.29, 1.82) is 5.26 Å². The van der Waals surface area contributed by atoms with Crippen molar-refractivity contribution in [3.05, 3.63) is 35.4 Å². The molecular formula is C14H19N3. The standard InChI is InChI=1S/C14H19N3/c1-2-16-14(9-15)11-17-8-7-12-5-3-4-6-13(12)10-17/h3-6,14,16H,2,7-8,10-11H2,1H3. The quantitative estimate of drug-likeness (QED) is 0.851. The predicted octanol–water partition coefficient (Wildman–Crippen LogP) is 1.55. The molecule has 0 aromatic heterocycles. The molecule has 0 bridgehead atoms. The van der Waals surface area contributed by atoms with Crippen molar-refractivity contribution in [2.24, 2.45) is 0 Å². The Hall–Kier alpha value is -1.37. The number of rotatable bonds is 4. The highest BCUT2D eigenvalue weighted by Gasteiger charge is 2.18. The van der Waals surface area contributed by atoms with Crippen molar-refractivity contribution in [3.8, 4) is 6.07 Å². The van der Waals surface area contributed by atoms with Crippen LogP contribution in [-0.4, -0.2) is 30.6 Å². The Morgan fingerprint density at radius 1 is 1.41 bits per heavy atom. The molecule has 17 heavy (non-hydrogen) atoms. The van der Waals surface area contributed by atoms with Crippen LogP contribution in [0, 0.1) is 11.3 Å². The molecule has 0 radical (unpaired) electrons. The number of nitriles is 1. The summed E-state index contributed by atoms with van der Waals surface area (Å²) in [7, 11) is 0. The summed E-state index contributed by atoms with van der Waals surface area (Å²) < 4.78 is 0. The lowest BCUT2D eigenvalue weighted by atomic mass is 9.99. The molecule has 1 aromatic carbocycles. The Labute approximate surface area is 103 Å².